The second kappa shape index (κ2) is 3.15. The van der Waals surface area contributed by atoms with Gasteiger partial charge in [-0.05, 0) is 5.92 Å². The van der Waals surface area contributed by atoms with Crippen LogP contribution in [0.2, 0.25) is 0 Å². The molecule has 1 fully saturated rings. The van der Waals surface area contributed by atoms with Crippen LogP contribution in [0.1, 0.15) is 13.8 Å². The molecule has 2 heteroatoms. The smallest absolute Gasteiger partial charge is 0.0496 e. The first-order valence-electron chi connectivity index (χ1n) is 4.04. The summed E-state index contributed by atoms with van der Waals surface area (Å²) in [4.78, 5) is 1.96. The average Bonchev–Trinajstić information content (AvgIpc) is 1.86. The van der Waals surface area contributed by atoms with E-state index in [-0.39, 0.29) is 6.61 Å². The van der Waals surface area contributed by atoms with Crippen molar-refractivity contribution < 1.29 is 5.11 Å². The maximum atomic E-state index is 8.92. The fourth-order valence-corrected chi connectivity index (χ4v) is 1.81. The van der Waals surface area contributed by atoms with Crippen molar-refractivity contribution in [2.45, 2.75) is 19.9 Å². The van der Waals surface area contributed by atoms with Gasteiger partial charge in [-0.25, -0.2) is 0 Å². The fraction of sp³-hybridized carbons (Fsp3) is 0.778. The molecule has 0 amide bonds. The molecule has 11 heavy (non-hydrogen) atoms. The summed E-state index contributed by atoms with van der Waals surface area (Å²) in [6.45, 7) is 5.39. The van der Waals surface area contributed by atoms with Gasteiger partial charge in [-0.3, -0.25) is 0 Å². The van der Waals surface area contributed by atoms with E-state index in [9.17, 15) is 0 Å². The number of hydrogen-bond acceptors (Lipinski definition) is 2. The van der Waals surface area contributed by atoms with Crippen LogP contribution in [-0.4, -0.2) is 29.2 Å². The molecule has 2 unspecified atom stereocenters. The summed E-state index contributed by atoms with van der Waals surface area (Å²) >= 11 is 0. The summed E-state index contributed by atoms with van der Waals surface area (Å²) in [5.74, 6) is 0.933. The van der Waals surface area contributed by atoms with Crippen LogP contribution in [0.4, 0.5) is 0 Å². The second-order valence-corrected chi connectivity index (χ2v) is 3.46. The number of likely N-dealkylation sites (tertiary alicyclic amines) is 1. The normalized spacial score (nSPS) is 29.9. The summed E-state index contributed by atoms with van der Waals surface area (Å²) in [5.41, 5.74) is 0. The number of aliphatic hydroxyl groups excluding tert-OH is 1. The largest absolute Gasteiger partial charge is 0.396 e. The van der Waals surface area contributed by atoms with E-state index in [1.807, 2.05) is 4.90 Å². The Morgan fingerprint density at radius 3 is 2.73 bits per heavy atom. The predicted molar refractivity (Wildman–Crippen MR) is 44.7 cm³/mol. The molecule has 0 aromatic carbocycles. The van der Waals surface area contributed by atoms with Gasteiger partial charge in [-0.1, -0.05) is 20.3 Å². The van der Waals surface area contributed by atoms with Gasteiger partial charge in [0.2, 0.25) is 0 Å². The maximum Gasteiger partial charge on any atom is 0.0496 e. The predicted octanol–water partition coefficient (Wildman–Crippen LogP) is 0.526. The SMILES string of the molecule is C#CN1CC(CO)C1C(C)C. The lowest BCUT2D eigenvalue weighted by atomic mass is 9.82. The molecule has 1 rings (SSSR count). The first kappa shape index (κ1) is 8.42. The molecular weight excluding hydrogens is 138 g/mol. The molecule has 0 radical (unpaired) electrons. The van der Waals surface area contributed by atoms with Crippen molar-refractivity contribution in [3.8, 4) is 12.5 Å². The standard InChI is InChI=1S/C9H15NO/c1-4-10-5-8(6-11)9(10)7(2)3/h1,7-9,11H,5-6H2,2-3H3. The molecule has 2 atom stereocenters. The van der Waals surface area contributed by atoms with Gasteiger partial charge in [-0.2, -0.15) is 0 Å². The monoisotopic (exact) mass is 153 g/mol. The number of aliphatic hydroxyl groups is 1. The third-order valence-corrected chi connectivity index (χ3v) is 2.36. The Balaban J connectivity index is 2.51. The highest BCUT2D eigenvalue weighted by Gasteiger charge is 2.38. The van der Waals surface area contributed by atoms with Crippen molar-refractivity contribution in [1.29, 1.82) is 0 Å². The maximum absolute atomic E-state index is 8.92. The Hall–Kier alpha value is -0.680. The lowest BCUT2D eigenvalue weighted by Crippen LogP contribution is -2.57. The average molecular weight is 153 g/mol. The van der Waals surface area contributed by atoms with Crippen LogP contribution in [0.3, 0.4) is 0 Å². The summed E-state index contributed by atoms with van der Waals surface area (Å²) < 4.78 is 0. The van der Waals surface area contributed by atoms with E-state index >= 15 is 0 Å². The molecule has 62 valence electrons. The quantitative estimate of drug-likeness (QED) is 0.585. The molecule has 1 aliphatic rings. The topological polar surface area (TPSA) is 23.5 Å². The van der Waals surface area contributed by atoms with Crippen LogP contribution in [-0.2, 0) is 0 Å². The third-order valence-electron chi connectivity index (χ3n) is 2.36. The number of nitrogens with zero attached hydrogens (tertiary/aromatic N) is 1. The highest BCUT2D eigenvalue weighted by molar-refractivity contribution is 5.02. The van der Waals surface area contributed by atoms with Crippen LogP contribution < -0.4 is 0 Å². The Morgan fingerprint density at radius 2 is 2.36 bits per heavy atom. The molecule has 0 saturated carbocycles. The van der Waals surface area contributed by atoms with Crippen molar-refractivity contribution in [2.24, 2.45) is 11.8 Å². The molecule has 2 nitrogen and oxygen atoms in total. The van der Waals surface area contributed by atoms with Crippen molar-refractivity contribution in [3.05, 3.63) is 0 Å². The highest BCUT2D eigenvalue weighted by atomic mass is 16.3. The minimum atomic E-state index is 0.265. The molecule has 0 aliphatic carbocycles. The summed E-state index contributed by atoms with van der Waals surface area (Å²) in [7, 11) is 0. The van der Waals surface area contributed by atoms with E-state index in [4.69, 9.17) is 11.5 Å². The van der Waals surface area contributed by atoms with Crippen molar-refractivity contribution >= 4 is 0 Å². The Morgan fingerprint density at radius 1 is 1.73 bits per heavy atom. The lowest BCUT2D eigenvalue weighted by molar-refractivity contribution is 0.00247. The molecule has 1 heterocycles. The van der Waals surface area contributed by atoms with E-state index in [1.54, 1.807) is 0 Å². The second-order valence-electron chi connectivity index (χ2n) is 3.46. The lowest BCUT2D eigenvalue weighted by Gasteiger charge is -2.47. The number of rotatable bonds is 2. The number of terminal acetylenes is 1. The van der Waals surface area contributed by atoms with Crippen LogP contribution in [0.15, 0.2) is 0 Å². The van der Waals surface area contributed by atoms with Gasteiger partial charge < -0.3 is 10.0 Å². The molecule has 0 aromatic heterocycles. The van der Waals surface area contributed by atoms with Crippen molar-refractivity contribution in [2.75, 3.05) is 13.2 Å². The Kier molecular flexibility index (Phi) is 2.41. The molecule has 1 saturated heterocycles. The van der Waals surface area contributed by atoms with Gasteiger partial charge in [0, 0.05) is 31.2 Å². The fourth-order valence-electron chi connectivity index (χ4n) is 1.81. The van der Waals surface area contributed by atoms with E-state index in [1.165, 1.54) is 0 Å². The van der Waals surface area contributed by atoms with Gasteiger partial charge in [0.25, 0.3) is 0 Å². The van der Waals surface area contributed by atoms with Gasteiger partial charge in [-0.15, -0.1) is 0 Å². The van der Waals surface area contributed by atoms with E-state index in [0.29, 0.717) is 17.9 Å². The van der Waals surface area contributed by atoms with Gasteiger partial charge in [0.05, 0.1) is 0 Å². The Labute approximate surface area is 68.2 Å². The molecule has 0 spiro atoms. The minimum absolute atomic E-state index is 0.265. The van der Waals surface area contributed by atoms with Crippen LogP contribution in [0.5, 0.6) is 0 Å². The summed E-state index contributed by atoms with van der Waals surface area (Å²) in [6.07, 6.45) is 5.27. The number of hydrogen-bond donors (Lipinski definition) is 1. The zero-order valence-electron chi connectivity index (χ0n) is 7.12. The van der Waals surface area contributed by atoms with E-state index in [0.717, 1.165) is 6.54 Å². The van der Waals surface area contributed by atoms with Crippen molar-refractivity contribution in [1.82, 2.24) is 4.90 Å². The molecule has 1 N–H and O–H groups in total. The van der Waals surface area contributed by atoms with Gasteiger partial charge in [0.1, 0.15) is 0 Å². The highest BCUT2D eigenvalue weighted by Crippen LogP contribution is 2.29. The van der Waals surface area contributed by atoms with Crippen LogP contribution in [0.25, 0.3) is 0 Å². The van der Waals surface area contributed by atoms with Gasteiger partial charge in [0.15, 0.2) is 0 Å². The molecule has 1 aliphatic heterocycles. The molecular formula is C9H15NO. The van der Waals surface area contributed by atoms with Gasteiger partial charge >= 0.3 is 0 Å². The minimum Gasteiger partial charge on any atom is -0.396 e. The Bertz CT molecular complexity index is 171. The van der Waals surface area contributed by atoms with E-state index in [2.05, 4.69) is 19.9 Å². The zero-order chi connectivity index (χ0) is 8.43. The molecule has 0 bridgehead atoms. The first-order chi connectivity index (χ1) is 5.20. The van der Waals surface area contributed by atoms with Crippen molar-refractivity contribution in [3.63, 3.8) is 0 Å². The molecule has 0 aromatic rings. The van der Waals surface area contributed by atoms with Crippen LogP contribution in [0, 0.1) is 24.3 Å². The third kappa shape index (κ3) is 1.34. The summed E-state index contributed by atoms with van der Waals surface area (Å²) in [5, 5.41) is 8.92. The van der Waals surface area contributed by atoms with E-state index < -0.39 is 0 Å². The van der Waals surface area contributed by atoms with Crippen LogP contribution >= 0.6 is 0 Å². The zero-order valence-corrected chi connectivity index (χ0v) is 7.12. The first-order valence-corrected chi connectivity index (χ1v) is 4.04. The summed E-state index contributed by atoms with van der Waals surface area (Å²) in [6, 6.07) is 3.01.